The minimum Gasteiger partial charge on any atom is -0.357 e. The first-order chi connectivity index (χ1) is 14.2. The summed E-state index contributed by atoms with van der Waals surface area (Å²) in [7, 11) is -3.21. The number of halogens is 1. The Hall–Kier alpha value is -1.71. The van der Waals surface area contributed by atoms with Gasteiger partial charge in [0.1, 0.15) is 5.82 Å². The summed E-state index contributed by atoms with van der Waals surface area (Å²) >= 11 is 0. The number of guanidine groups is 1. The number of rotatable bonds is 9. The van der Waals surface area contributed by atoms with Gasteiger partial charge in [-0.15, -0.1) is 0 Å². The maximum Gasteiger partial charge on any atom is 0.191 e. The predicted octanol–water partition coefficient (Wildman–Crippen LogP) is 1.45. The molecular weight excluding hydrogens is 405 g/mol. The maximum absolute atomic E-state index is 13.7. The van der Waals surface area contributed by atoms with Gasteiger partial charge >= 0.3 is 0 Å². The van der Waals surface area contributed by atoms with Crippen molar-refractivity contribution in [3.05, 3.63) is 35.1 Å². The van der Waals surface area contributed by atoms with Gasteiger partial charge in [0.2, 0.25) is 0 Å². The molecule has 1 fully saturated rings. The van der Waals surface area contributed by atoms with E-state index in [4.69, 9.17) is 0 Å². The van der Waals surface area contributed by atoms with Gasteiger partial charge in [0.15, 0.2) is 15.8 Å². The lowest BCUT2D eigenvalue weighted by atomic mass is 10.1. The smallest absolute Gasteiger partial charge is 0.191 e. The summed E-state index contributed by atoms with van der Waals surface area (Å²) in [6, 6.07) is 4.54. The molecule has 170 valence electrons. The van der Waals surface area contributed by atoms with Crippen LogP contribution in [0.4, 0.5) is 4.39 Å². The van der Waals surface area contributed by atoms with Gasteiger partial charge in [0.05, 0.1) is 12.3 Å². The molecule has 1 aliphatic heterocycles. The van der Waals surface area contributed by atoms with Crippen LogP contribution in [0.3, 0.4) is 0 Å². The number of sulfone groups is 1. The number of hydrogen-bond acceptors (Lipinski definition) is 5. The first-order valence-corrected chi connectivity index (χ1v) is 12.7. The summed E-state index contributed by atoms with van der Waals surface area (Å²) < 4.78 is 37.1. The normalized spacial score (nSPS) is 17.7. The van der Waals surface area contributed by atoms with Crippen molar-refractivity contribution in [2.45, 2.75) is 39.1 Å². The number of hydrogen-bond donors (Lipinski definition) is 2. The second-order valence-electron chi connectivity index (χ2n) is 7.88. The molecule has 7 nitrogen and oxygen atoms in total. The number of nitrogens with one attached hydrogen (secondary N) is 2. The van der Waals surface area contributed by atoms with Crippen LogP contribution in [-0.2, 0) is 22.1 Å². The standard InChI is InChI=1S/C21H36FN5O2S/c1-5-23-21(24-14-17(3)27-11-9-26(6-2)10-12-27)25-15-19-13-20(22)8-7-18(19)16-30(4,28)29/h7-8,13,17H,5-6,9-12,14-16H2,1-4H3,(H2,23,24,25). The van der Waals surface area contributed by atoms with E-state index < -0.39 is 15.7 Å². The molecule has 0 amide bonds. The quantitative estimate of drug-likeness (QED) is 0.446. The highest BCUT2D eigenvalue weighted by Crippen LogP contribution is 2.15. The minimum atomic E-state index is -3.21. The van der Waals surface area contributed by atoms with E-state index >= 15 is 0 Å². The molecule has 1 aliphatic rings. The third-order valence-electron chi connectivity index (χ3n) is 5.38. The zero-order valence-corrected chi connectivity index (χ0v) is 19.4. The number of likely N-dealkylation sites (N-methyl/N-ethyl adjacent to an activating group) is 1. The molecule has 0 aliphatic carbocycles. The third-order valence-corrected chi connectivity index (χ3v) is 6.22. The van der Waals surface area contributed by atoms with E-state index in [2.05, 4.69) is 39.3 Å². The topological polar surface area (TPSA) is 77.0 Å². The second kappa shape index (κ2) is 11.6. The summed E-state index contributed by atoms with van der Waals surface area (Å²) in [5.74, 6) is 0.129. The molecule has 0 spiro atoms. The lowest BCUT2D eigenvalue weighted by Crippen LogP contribution is -2.53. The molecule has 1 aromatic carbocycles. The van der Waals surface area contributed by atoms with Gasteiger partial charge in [-0.1, -0.05) is 13.0 Å². The van der Waals surface area contributed by atoms with E-state index in [0.717, 1.165) is 39.3 Å². The fourth-order valence-corrected chi connectivity index (χ4v) is 4.41. The third kappa shape index (κ3) is 8.20. The predicted molar refractivity (Wildman–Crippen MR) is 121 cm³/mol. The summed E-state index contributed by atoms with van der Waals surface area (Å²) in [6.07, 6.45) is 1.18. The van der Waals surface area contributed by atoms with Crippen LogP contribution in [0.1, 0.15) is 31.9 Å². The zero-order valence-electron chi connectivity index (χ0n) is 18.6. The summed E-state index contributed by atoms with van der Waals surface area (Å²) in [6.45, 7) is 13.4. The van der Waals surface area contributed by atoms with Crippen molar-refractivity contribution in [2.24, 2.45) is 4.99 Å². The molecule has 9 heteroatoms. The maximum atomic E-state index is 13.7. The van der Waals surface area contributed by atoms with E-state index in [0.29, 0.717) is 29.7 Å². The van der Waals surface area contributed by atoms with Gasteiger partial charge in [-0.3, -0.25) is 4.90 Å². The average molecular weight is 442 g/mol. The Morgan fingerprint density at radius 2 is 1.87 bits per heavy atom. The summed E-state index contributed by atoms with van der Waals surface area (Å²) in [4.78, 5) is 9.49. The van der Waals surface area contributed by atoms with Crippen molar-refractivity contribution < 1.29 is 12.8 Å². The fraction of sp³-hybridized carbons (Fsp3) is 0.667. The highest BCUT2D eigenvalue weighted by atomic mass is 32.2. The Kier molecular flexibility index (Phi) is 9.51. The number of aliphatic imine (C=N–C) groups is 1. The SMILES string of the molecule is CCNC(=NCc1cc(F)ccc1CS(C)(=O)=O)NCC(C)N1CCN(CC)CC1. The van der Waals surface area contributed by atoms with Crippen LogP contribution in [0.25, 0.3) is 0 Å². The highest BCUT2D eigenvalue weighted by Gasteiger charge is 2.20. The molecule has 0 saturated carbocycles. The van der Waals surface area contributed by atoms with Crippen molar-refractivity contribution in [3.8, 4) is 0 Å². The number of piperazine rings is 1. The molecule has 0 radical (unpaired) electrons. The average Bonchev–Trinajstić information content (AvgIpc) is 2.70. The van der Waals surface area contributed by atoms with Gasteiger partial charge in [0, 0.05) is 51.6 Å². The molecule has 1 unspecified atom stereocenters. The van der Waals surface area contributed by atoms with E-state index in [1.54, 1.807) is 0 Å². The van der Waals surface area contributed by atoms with Crippen LogP contribution < -0.4 is 10.6 Å². The van der Waals surface area contributed by atoms with E-state index in [1.165, 1.54) is 24.5 Å². The fourth-order valence-electron chi connectivity index (χ4n) is 3.56. The molecule has 0 aromatic heterocycles. The Balaban J connectivity index is 2.00. The summed E-state index contributed by atoms with van der Waals surface area (Å²) in [5.41, 5.74) is 1.17. The molecule has 1 heterocycles. The largest absolute Gasteiger partial charge is 0.357 e. The molecule has 2 rings (SSSR count). The number of benzene rings is 1. The second-order valence-corrected chi connectivity index (χ2v) is 10.0. The van der Waals surface area contributed by atoms with Gasteiger partial charge in [-0.25, -0.2) is 17.8 Å². The monoisotopic (exact) mass is 441 g/mol. The van der Waals surface area contributed by atoms with Crippen molar-refractivity contribution in [1.29, 1.82) is 0 Å². The van der Waals surface area contributed by atoms with E-state index in [9.17, 15) is 12.8 Å². The molecule has 2 N–H and O–H groups in total. The van der Waals surface area contributed by atoms with Crippen molar-refractivity contribution in [1.82, 2.24) is 20.4 Å². The molecule has 1 aromatic rings. The zero-order chi connectivity index (χ0) is 22.1. The highest BCUT2D eigenvalue weighted by molar-refractivity contribution is 7.89. The van der Waals surface area contributed by atoms with Crippen LogP contribution in [0, 0.1) is 5.82 Å². The first-order valence-electron chi connectivity index (χ1n) is 10.7. The molecule has 1 saturated heterocycles. The lowest BCUT2D eigenvalue weighted by Gasteiger charge is -2.37. The van der Waals surface area contributed by atoms with E-state index in [1.807, 2.05) is 6.92 Å². The Morgan fingerprint density at radius 1 is 1.17 bits per heavy atom. The number of nitrogens with zero attached hydrogens (tertiary/aromatic N) is 3. The van der Waals surface area contributed by atoms with Gasteiger partial charge in [0.25, 0.3) is 0 Å². The van der Waals surface area contributed by atoms with Crippen LogP contribution in [-0.4, -0.2) is 82.3 Å². The van der Waals surface area contributed by atoms with Crippen molar-refractivity contribution in [2.75, 3.05) is 52.1 Å². The minimum absolute atomic E-state index is 0.122. The Labute approximate surface area is 180 Å². The van der Waals surface area contributed by atoms with Crippen molar-refractivity contribution >= 4 is 15.8 Å². The van der Waals surface area contributed by atoms with Crippen LogP contribution in [0.15, 0.2) is 23.2 Å². The van der Waals surface area contributed by atoms with Crippen molar-refractivity contribution in [3.63, 3.8) is 0 Å². The molecule has 30 heavy (non-hydrogen) atoms. The molecule has 0 bridgehead atoms. The lowest BCUT2D eigenvalue weighted by molar-refractivity contribution is 0.107. The summed E-state index contributed by atoms with van der Waals surface area (Å²) in [5, 5.41) is 6.58. The first kappa shape index (κ1) is 24.6. The molecular formula is C21H36FN5O2S. The van der Waals surface area contributed by atoms with Gasteiger partial charge < -0.3 is 15.5 Å². The molecule has 1 atom stereocenters. The van der Waals surface area contributed by atoms with Crippen LogP contribution >= 0.6 is 0 Å². The van der Waals surface area contributed by atoms with E-state index in [-0.39, 0.29) is 12.3 Å². The van der Waals surface area contributed by atoms with Crippen LogP contribution in [0.2, 0.25) is 0 Å². The Morgan fingerprint density at radius 3 is 2.47 bits per heavy atom. The van der Waals surface area contributed by atoms with Gasteiger partial charge in [-0.2, -0.15) is 0 Å². The van der Waals surface area contributed by atoms with Crippen LogP contribution in [0.5, 0.6) is 0 Å². The van der Waals surface area contributed by atoms with Gasteiger partial charge in [-0.05, 0) is 43.7 Å². The Bertz CT molecular complexity index is 808.